The molecule has 1 aromatic heterocycles. The summed E-state index contributed by atoms with van der Waals surface area (Å²) in [6.45, 7) is 2.52. The lowest BCUT2D eigenvalue weighted by molar-refractivity contribution is -0.125. The molecule has 0 saturated heterocycles. The molecule has 0 aliphatic heterocycles. The van der Waals surface area contributed by atoms with Crippen molar-refractivity contribution in [2.24, 2.45) is 11.1 Å². The summed E-state index contributed by atoms with van der Waals surface area (Å²) in [7, 11) is 0. The molecule has 4 nitrogen and oxygen atoms in total. The van der Waals surface area contributed by atoms with E-state index in [2.05, 4.69) is 10.3 Å². The van der Waals surface area contributed by atoms with Crippen LogP contribution in [-0.4, -0.2) is 17.4 Å². The zero-order valence-electron chi connectivity index (χ0n) is 9.65. The predicted octanol–water partition coefficient (Wildman–Crippen LogP) is 1.56. The third-order valence-electron chi connectivity index (χ3n) is 2.37. The molecule has 1 heterocycles. The second-order valence-corrected chi connectivity index (χ2v) is 4.30. The van der Waals surface area contributed by atoms with E-state index in [1.165, 1.54) is 13.8 Å². The summed E-state index contributed by atoms with van der Waals surface area (Å²) >= 11 is 0. The van der Waals surface area contributed by atoms with Crippen molar-refractivity contribution in [2.45, 2.75) is 13.8 Å². The minimum absolute atomic E-state index is 0.293. The highest BCUT2D eigenvalue weighted by atomic mass is 19.2. The second kappa shape index (κ2) is 4.79. The Morgan fingerprint density at radius 1 is 1.22 bits per heavy atom. The molecule has 100 valence electrons. The monoisotopic (exact) mass is 265 g/mol. The average molecular weight is 265 g/mol. The molecule has 1 amide bonds. The van der Waals surface area contributed by atoms with Crippen molar-refractivity contribution < 1.29 is 22.4 Å². The van der Waals surface area contributed by atoms with E-state index in [9.17, 15) is 22.4 Å². The molecule has 1 aromatic rings. The third kappa shape index (κ3) is 2.69. The molecule has 18 heavy (non-hydrogen) atoms. The Balaban J connectivity index is 3.02. The molecule has 0 aliphatic carbocycles. The van der Waals surface area contributed by atoms with Gasteiger partial charge in [0.05, 0.1) is 5.41 Å². The van der Waals surface area contributed by atoms with Crippen molar-refractivity contribution in [3.8, 4) is 0 Å². The molecule has 0 aromatic carbocycles. The van der Waals surface area contributed by atoms with E-state index in [1.807, 2.05) is 0 Å². The Bertz CT molecular complexity index is 464. The lowest BCUT2D eigenvalue weighted by Crippen LogP contribution is -2.37. The van der Waals surface area contributed by atoms with Gasteiger partial charge in [-0.3, -0.25) is 4.79 Å². The Kier molecular flexibility index (Phi) is 3.78. The number of anilines is 1. The van der Waals surface area contributed by atoms with Gasteiger partial charge >= 0.3 is 0 Å². The molecule has 0 radical (unpaired) electrons. The topological polar surface area (TPSA) is 68.0 Å². The standard InChI is InChI=1S/C10H11F4N3O/c1-10(2,9(15)18)3-16-6-4(11)7(13)17-8(14)5(6)12/h3H2,1-2H3,(H2,15,18)(H,16,17). The SMILES string of the molecule is CC(C)(CNc1c(F)c(F)nc(F)c1F)C(N)=O. The molecular weight excluding hydrogens is 254 g/mol. The number of hydrogen-bond acceptors (Lipinski definition) is 3. The average Bonchev–Trinajstić information content (AvgIpc) is 2.26. The lowest BCUT2D eigenvalue weighted by Gasteiger charge is -2.21. The van der Waals surface area contributed by atoms with Crippen LogP contribution < -0.4 is 11.1 Å². The number of amides is 1. The Hall–Kier alpha value is -1.86. The molecular formula is C10H11F4N3O. The molecule has 0 spiro atoms. The maximum absolute atomic E-state index is 13.2. The first-order chi connectivity index (χ1) is 8.16. The number of nitrogens with two attached hydrogens (primary N) is 1. The van der Waals surface area contributed by atoms with Crippen molar-refractivity contribution in [2.75, 3.05) is 11.9 Å². The number of halogens is 4. The summed E-state index contributed by atoms with van der Waals surface area (Å²) in [5.74, 6) is -7.59. The van der Waals surface area contributed by atoms with Crippen LogP contribution in [0.5, 0.6) is 0 Å². The van der Waals surface area contributed by atoms with Crippen LogP contribution in [-0.2, 0) is 4.79 Å². The van der Waals surface area contributed by atoms with Crippen molar-refractivity contribution in [1.29, 1.82) is 0 Å². The fraction of sp³-hybridized carbons (Fsp3) is 0.400. The lowest BCUT2D eigenvalue weighted by atomic mass is 9.93. The van der Waals surface area contributed by atoms with Gasteiger partial charge in [-0.25, -0.2) is 0 Å². The molecule has 0 aliphatic rings. The van der Waals surface area contributed by atoms with Crippen LogP contribution in [0.25, 0.3) is 0 Å². The fourth-order valence-electron chi connectivity index (χ4n) is 1.04. The van der Waals surface area contributed by atoms with Gasteiger partial charge in [0.2, 0.25) is 17.5 Å². The van der Waals surface area contributed by atoms with E-state index >= 15 is 0 Å². The molecule has 0 fully saturated rings. The van der Waals surface area contributed by atoms with Gasteiger partial charge in [-0.1, -0.05) is 0 Å². The minimum atomic E-state index is -1.77. The van der Waals surface area contributed by atoms with Crippen LogP contribution in [0.2, 0.25) is 0 Å². The maximum atomic E-state index is 13.2. The summed E-state index contributed by atoms with van der Waals surface area (Å²) in [5.41, 5.74) is 2.88. The minimum Gasteiger partial charge on any atom is -0.379 e. The van der Waals surface area contributed by atoms with Crippen molar-refractivity contribution in [3.05, 3.63) is 23.5 Å². The van der Waals surface area contributed by atoms with E-state index in [-0.39, 0.29) is 6.54 Å². The quantitative estimate of drug-likeness (QED) is 0.641. The van der Waals surface area contributed by atoms with Crippen LogP contribution in [0, 0.1) is 28.9 Å². The van der Waals surface area contributed by atoms with Crippen LogP contribution in [0.3, 0.4) is 0 Å². The smallest absolute Gasteiger partial charge is 0.253 e. The fourth-order valence-corrected chi connectivity index (χ4v) is 1.04. The van der Waals surface area contributed by atoms with E-state index in [4.69, 9.17) is 5.73 Å². The third-order valence-corrected chi connectivity index (χ3v) is 2.37. The highest BCUT2D eigenvalue weighted by molar-refractivity contribution is 5.80. The van der Waals surface area contributed by atoms with E-state index < -0.39 is 40.5 Å². The van der Waals surface area contributed by atoms with E-state index in [0.717, 1.165) is 0 Å². The highest BCUT2D eigenvalue weighted by Crippen LogP contribution is 2.24. The van der Waals surface area contributed by atoms with Crippen LogP contribution in [0.4, 0.5) is 23.2 Å². The van der Waals surface area contributed by atoms with Crippen LogP contribution in [0.15, 0.2) is 0 Å². The number of carbonyl (C=O) groups excluding carboxylic acids is 1. The van der Waals surface area contributed by atoms with Gasteiger partial charge in [-0.2, -0.15) is 22.5 Å². The zero-order valence-corrected chi connectivity index (χ0v) is 9.65. The van der Waals surface area contributed by atoms with Gasteiger partial charge in [-0.05, 0) is 13.8 Å². The first-order valence-electron chi connectivity index (χ1n) is 4.90. The number of primary amides is 1. The highest BCUT2D eigenvalue weighted by Gasteiger charge is 2.27. The molecule has 0 unspecified atom stereocenters. The van der Waals surface area contributed by atoms with Crippen molar-refractivity contribution >= 4 is 11.6 Å². The number of rotatable bonds is 4. The number of aromatic nitrogens is 1. The normalized spacial score (nSPS) is 11.4. The van der Waals surface area contributed by atoms with E-state index in [1.54, 1.807) is 0 Å². The van der Waals surface area contributed by atoms with Gasteiger partial charge in [0.1, 0.15) is 5.69 Å². The van der Waals surface area contributed by atoms with Crippen molar-refractivity contribution in [1.82, 2.24) is 4.98 Å². The zero-order chi connectivity index (χ0) is 14.1. The Morgan fingerprint density at radius 3 is 2.06 bits per heavy atom. The molecule has 1 rings (SSSR count). The first-order valence-corrected chi connectivity index (χ1v) is 4.90. The first kappa shape index (κ1) is 14.2. The van der Waals surface area contributed by atoms with Gasteiger partial charge < -0.3 is 11.1 Å². The second-order valence-electron chi connectivity index (χ2n) is 4.30. The van der Waals surface area contributed by atoms with Crippen LogP contribution >= 0.6 is 0 Å². The van der Waals surface area contributed by atoms with Gasteiger partial charge in [0.25, 0.3) is 11.9 Å². The van der Waals surface area contributed by atoms with Gasteiger partial charge in [0.15, 0.2) is 0 Å². The number of nitrogens with one attached hydrogen (secondary N) is 1. The van der Waals surface area contributed by atoms with Crippen molar-refractivity contribution in [3.63, 3.8) is 0 Å². The Morgan fingerprint density at radius 2 is 1.67 bits per heavy atom. The summed E-state index contributed by atoms with van der Waals surface area (Å²) in [6, 6.07) is 0. The van der Waals surface area contributed by atoms with Crippen LogP contribution in [0.1, 0.15) is 13.8 Å². The summed E-state index contributed by atoms with van der Waals surface area (Å²) < 4.78 is 51.9. The summed E-state index contributed by atoms with van der Waals surface area (Å²) in [4.78, 5) is 13.4. The molecule has 0 saturated carbocycles. The number of pyridine rings is 1. The molecule has 3 N–H and O–H groups in total. The molecule has 0 bridgehead atoms. The predicted molar refractivity (Wildman–Crippen MR) is 55.5 cm³/mol. The summed E-state index contributed by atoms with van der Waals surface area (Å²) in [5, 5.41) is 2.11. The molecule has 8 heteroatoms. The maximum Gasteiger partial charge on any atom is 0.253 e. The van der Waals surface area contributed by atoms with Gasteiger partial charge in [0, 0.05) is 6.54 Å². The largest absolute Gasteiger partial charge is 0.379 e. The number of hydrogen-bond donors (Lipinski definition) is 2. The number of carbonyl (C=O) groups is 1. The Labute approximate surface area is 100 Å². The molecule has 0 atom stereocenters. The van der Waals surface area contributed by atoms with E-state index in [0.29, 0.717) is 0 Å². The number of nitrogens with zero attached hydrogens (tertiary/aromatic N) is 1. The van der Waals surface area contributed by atoms with Gasteiger partial charge in [-0.15, -0.1) is 0 Å². The summed E-state index contributed by atoms with van der Waals surface area (Å²) in [6.07, 6.45) is 0.